The number of benzene rings is 1. The second-order valence-corrected chi connectivity index (χ2v) is 7.49. The molecule has 21 heavy (non-hydrogen) atoms. The summed E-state index contributed by atoms with van der Waals surface area (Å²) in [7, 11) is 0. The van der Waals surface area contributed by atoms with Gasteiger partial charge in [0.05, 0.1) is 0 Å². The average Bonchev–Trinajstić information content (AvgIpc) is 2.53. The van der Waals surface area contributed by atoms with Crippen molar-refractivity contribution >= 4 is 23.4 Å². The molecule has 0 spiro atoms. The molecule has 0 N–H and O–H groups in total. The quantitative estimate of drug-likeness (QED) is 0.838. The lowest BCUT2D eigenvalue weighted by molar-refractivity contribution is 0.112. The van der Waals surface area contributed by atoms with Crippen molar-refractivity contribution in [3.63, 3.8) is 0 Å². The van der Waals surface area contributed by atoms with Gasteiger partial charge in [-0.15, -0.1) is 0 Å². The molecule has 2 aliphatic heterocycles. The first-order valence-electron chi connectivity index (χ1n) is 7.71. The largest absolute Gasteiger partial charge is 0.299 e. The Labute approximate surface area is 135 Å². The average molecular weight is 329 g/mol. The first kappa shape index (κ1) is 15.6. The van der Waals surface area contributed by atoms with Crippen LogP contribution in [-0.4, -0.2) is 53.5 Å². The van der Waals surface area contributed by atoms with Gasteiger partial charge in [0, 0.05) is 47.8 Å². The molecule has 0 aliphatic carbocycles. The maximum atomic E-state index is 13.9. The van der Waals surface area contributed by atoms with Gasteiger partial charge in [-0.2, -0.15) is 11.8 Å². The Balaban J connectivity index is 1.54. The number of hydrogen-bond acceptors (Lipinski definition) is 3. The topological polar surface area (TPSA) is 6.48 Å². The van der Waals surface area contributed by atoms with Gasteiger partial charge in [0.25, 0.3) is 0 Å². The van der Waals surface area contributed by atoms with E-state index in [1.807, 2.05) is 0 Å². The van der Waals surface area contributed by atoms with Gasteiger partial charge in [-0.05, 0) is 38.1 Å². The zero-order valence-corrected chi connectivity index (χ0v) is 13.8. The lowest BCUT2D eigenvalue weighted by Crippen LogP contribution is -2.47. The first-order chi connectivity index (χ1) is 10.2. The SMILES string of the molecule is Fc1cccc(Cl)c1CN1CCC(N2CCSCC2)CC1. The Morgan fingerprint density at radius 2 is 1.86 bits per heavy atom. The van der Waals surface area contributed by atoms with Gasteiger partial charge in [0.1, 0.15) is 5.82 Å². The van der Waals surface area contributed by atoms with Crippen LogP contribution in [0.2, 0.25) is 5.02 Å². The zero-order valence-electron chi connectivity index (χ0n) is 12.2. The molecule has 0 aromatic heterocycles. The minimum absolute atomic E-state index is 0.183. The van der Waals surface area contributed by atoms with Gasteiger partial charge in [-0.3, -0.25) is 9.80 Å². The van der Waals surface area contributed by atoms with Crippen LogP contribution >= 0.6 is 23.4 Å². The fourth-order valence-corrected chi connectivity index (χ4v) is 4.45. The van der Waals surface area contributed by atoms with Gasteiger partial charge in [0.2, 0.25) is 0 Å². The summed E-state index contributed by atoms with van der Waals surface area (Å²) in [5.41, 5.74) is 0.645. The summed E-state index contributed by atoms with van der Waals surface area (Å²) in [6, 6.07) is 5.66. The van der Waals surface area contributed by atoms with Gasteiger partial charge < -0.3 is 0 Å². The smallest absolute Gasteiger partial charge is 0.129 e. The molecule has 5 heteroatoms. The van der Waals surface area contributed by atoms with E-state index in [0.717, 1.165) is 19.1 Å². The van der Waals surface area contributed by atoms with Crippen molar-refractivity contribution in [3.05, 3.63) is 34.6 Å². The monoisotopic (exact) mass is 328 g/mol. The molecule has 2 heterocycles. The lowest BCUT2D eigenvalue weighted by Gasteiger charge is -2.40. The molecule has 0 saturated carbocycles. The molecular weight excluding hydrogens is 307 g/mol. The molecule has 2 fully saturated rings. The minimum atomic E-state index is -0.183. The summed E-state index contributed by atoms with van der Waals surface area (Å²) in [6.07, 6.45) is 2.38. The molecule has 2 saturated heterocycles. The van der Waals surface area contributed by atoms with Crippen LogP contribution in [0, 0.1) is 5.82 Å². The van der Waals surface area contributed by atoms with Crippen molar-refractivity contribution in [2.24, 2.45) is 0 Å². The molecule has 2 nitrogen and oxygen atoms in total. The minimum Gasteiger partial charge on any atom is -0.299 e. The van der Waals surface area contributed by atoms with Crippen molar-refractivity contribution in [1.29, 1.82) is 0 Å². The third kappa shape index (κ3) is 3.92. The van der Waals surface area contributed by atoms with Gasteiger partial charge >= 0.3 is 0 Å². The van der Waals surface area contributed by atoms with Crippen LogP contribution in [0.15, 0.2) is 18.2 Å². The number of halogens is 2. The zero-order chi connectivity index (χ0) is 14.7. The lowest BCUT2D eigenvalue weighted by atomic mass is 10.0. The maximum Gasteiger partial charge on any atom is 0.129 e. The Morgan fingerprint density at radius 3 is 2.52 bits per heavy atom. The fourth-order valence-electron chi connectivity index (χ4n) is 3.29. The molecule has 1 aromatic rings. The van der Waals surface area contributed by atoms with E-state index in [1.54, 1.807) is 12.1 Å². The van der Waals surface area contributed by atoms with Gasteiger partial charge in [-0.1, -0.05) is 17.7 Å². The third-order valence-corrected chi connectivity index (χ3v) is 5.86. The number of piperidine rings is 1. The van der Waals surface area contributed by atoms with Crippen LogP contribution in [0.4, 0.5) is 4.39 Å². The molecule has 0 atom stereocenters. The van der Waals surface area contributed by atoms with E-state index in [4.69, 9.17) is 11.6 Å². The number of nitrogens with zero attached hydrogens (tertiary/aromatic N) is 2. The summed E-state index contributed by atoms with van der Waals surface area (Å²) in [4.78, 5) is 4.98. The second-order valence-electron chi connectivity index (χ2n) is 5.86. The first-order valence-corrected chi connectivity index (χ1v) is 9.24. The maximum absolute atomic E-state index is 13.9. The highest BCUT2D eigenvalue weighted by Crippen LogP contribution is 2.25. The van der Waals surface area contributed by atoms with E-state index >= 15 is 0 Å². The van der Waals surface area contributed by atoms with Gasteiger partial charge in [0.15, 0.2) is 0 Å². The highest BCUT2D eigenvalue weighted by Gasteiger charge is 2.26. The van der Waals surface area contributed by atoms with Crippen molar-refractivity contribution in [2.45, 2.75) is 25.4 Å². The van der Waals surface area contributed by atoms with Crippen LogP contribution in [0.1, 0.15) is 18.4 Å². The van der Waals surface area contributed by atoms with E-state index in [0.29, 0.717) is 17.1 Å². The molecular formula is C16H22ClFN2S. The van der Waals surface area contributed by atoms with Crippen LogP contribution in [0.25, 0.3) is 0 Å². The highest BCUT2D eigenvalue weighted by atomic mass is 35.5. The van der Waals surface area contributed by atoms with Crippen LogP contribution in [0.3, 0.4) is 0 Å². The van der Waals surface area contributed by atoms with Crippen LogP contribution in [-0.2, 0) is 6.54 Å². The number of rotatable bonds is 3. The summed E-state index contributed by atoms with van der Waals surface area (Å²) >= 11 is 8.18. The highest BCUT2D eigenvalue weighted by molar-refractivity contribution is 7.99. The third-order valence-electron chi connectivity index (χ3n) is 4.56. The molecule has 3 rings (SSSR count). The predicted octanol–water partition coefficient (Wildman–Crippen LogP) is 3.49. The van der Waals surface area contributed by atoms with E-state index in [1.165, 1.54) is 43.5 Å². The Morgan fingerprint density at radius 1 is 1.14 bits per heavy atom. The predicted molar refractivity (Wildman–Crippen MR) is 88.6 cm³/mol. The molecule has 2 aliphatic rings. The van der Waals surface area contributed by atoms with Crippen LogP contribution in [0.5, 0.6) is 0 Å². The van der Waals surface area contributed by atoms with Crippen molar-refractivity contribution in [3.8, 4) is 0 Å². The molecule has 0 unspecified atom stereocenters. The second kappa shape index (κ2) is 7.32. The standard InChI is InChI=1S/C16H22ClFN2S/c17-15-2-1-3-16(18)14(15)12-19-6-4-13(5-7-19)20-8-10-21-11-9-20/h1-3,13H,4-12H2. The van der Waals surface area contributed by atoms with E-state index in [-0.39, 0.29) is 5.82 Å². The molecule has 0 radical (unpaired) electrons. The fraction of sp³-hybridized carbons (Fsp3) is 0.625. The van der Waals surface area contributed by atoms with Crippen molar-refractivity contribution in [1.82, 2.24) is 9.80 Å². The van der Waals surface area contributed by atoms with E-state index in [9.17, 15) is 4.39 Å². The van der Waals surface area contributed by atoms with Crippen LogP contribution < -0.4 is 0 Å². The Hall–Kier alpha value is -0.290. The van der Waals surface area contributed by atoms with Crippen molar-refractivity contribution in [2.75, 3.05) is 37.7 Å². The number of thioether (sulfide) groups is 1. The number of likely N-dealkylation sites (tertiary alicyclic amines) is 1. The summed E-state index contributed by atoms with van der Waals surface area (Å²) < 4.78 is 13.9. The molecule has 1 aromatic carbocycles. The van der Waals surface area contributed by atoms with E-state index < -0.39 is 0 Å². The molecule has 116 valence electrons. The Kier molecular flexibility index (Phi) is 5.43. The van der Waals surface area contributed by atoms with E-state index in [2.05, 4.69) is 21.6 Å². The summed E-state index contributed by atoms with van der Waals surface area (Å²) in [6.45, 7) is 5.18. The normalized spacial score (nSPS) is 22.6. The Bertz CT molecular complexity index is 451. The molecule has 0 bridgehead atoms. The van der Waals surface area contributed by atoms with Crippen molar-refractivity contribution < 1.29 is 4.39 Å². The molecule has 0 amide bonds. The van der Waals surface area contributed by atoms with Gasteiger partial charge in [-0.25, -0.2) is 4.39 Å². The summed E-state index contributed by atoms with van der Waals surface area (Å²) in [5.74, 6) is 2.36. The number of hydrogen-bond donors (Lipinski definition) is 0. The summed E-state index contributed by atoms with van der Waals surface area (Å²) in [5, 5.41) is 0.546.